The minimum absolute atomic E-state index is 0.103. The Hall–Kier alpha value is -1.14. The second-order valence-electron chi connectivity index (χ2n) is 5.72. The van der Waals surface area contributed by atoms with Gasteiger partial charge in [0.25, 0.3) is 0 Å². The number of aliphatic carboxylic acids is 1. The van der Waals surface area contributed by atoms with Crippen molar-refractivity contribution in [1.29, 1.82) is 0 Å². The number of hydrogen-bond acceptors (Lipinski definition) is 4. The fraction of sp³-hybridized carbons (Fsp3) is 0.667. The summed E-state index contributed by atoms with van der Waals surface area (Å²) in [6.07, 6.45) is -0.307. The van der Waals surface area contributed by atoms with E-state index in [1.165, 1.54) is 0 Å². The van der Waals surface area contributed by atoms with Crippen LogP contribution in [0.1, 0.15) is 38.3 Å². The third kappa shape index (κ3) is 4.27. The first-order chi connectivity index (χ1) is 8.20. The number of nitrogens with zero attached hydrogens (tertiary/aromatic N) is 1. The zero-order valence-electron chi connectivity index (χ0n) is 11.6. The van der Waals surface area contributed by atoms with Crippen LogP contribution in [0.25, 0.3) is 0 Å². The van der Waals surface area contributed by atoms with Gasteiger partial charge in [-0.1, -0.05) is 25.9 Å². The highest BCUT2D eigenvalue weighted by molar-refractivity contribution is 6.48. The van der Waals surface area contributed by atoms with E-state index in [1.54, 1.807) is 6.07 Å². The molecule has 0 spiro atoms. The summed E-state index contributed by atoms with van der Waals surface area (Å²) < 4.78 is 11.0. The van der Waals surface area contributed by atoms with E-state index >= 15 is 0 Å². The molecule has 0 bridgehead atoms. The van der Waals surface area contributed by atoms with Gasteiger partial charge in [0.05, 0.1) is 6.10 Å². The fourth-order valence-corrected chi connectivity index (χ4v) is 2.77. The predicted octanol–water partition coefficient (Wildman–Crippen LogP) is 2.39. The number of hydrogen-bond donors (Lipinski definition) is 1. The molecule has 1 heterocycles. The molecule has 0 aliphatic carbocycles. The molecule has 0 amide bonds. The normalized spacial score (nSPS) is 13.9. The van der Waals surface area contributed by atoms with Crippen molar-refractivity contribution in [2.75, 3.05) is 0 Å². The lowest BCUT2D eigenvalue weighted by Gasteiger charge is -2.30. The number of aromatic nitrogens is 1. The Balaban J connectivity index is 2.92. The Bertz CT molecular complexity index is 408. The molecule has 1 aromatic heterocycles. The largest absolute Gasteiger partial charge is 0.481 e. The zero-order valence-corrected chi connectivity index (χ0v) is 12.7. The van der Waals surface area contributed by atoms with Gasteiger partial charge in [-0.25, -0.2) is 0 Å². The minimum atomic E-state index is -1.22. The molecule has 0 aliphatic rings. The molecule has 0 fully saturated rings. The quantitative estimate of drug-likeness (QED) is 0.832. The molecule has 1 rings (SSSR count). The second kappa shape index (κ2) is 5.66. The van der Waals surface area contributed by atoms with Crippen LogP contribution in [0.4, 0.5) is 0 Å². The Kier molecular flexibility index (Phi) is 4.69. The molecule has 102 valence electrons. The molecule has 0 radical (unpaired) electrons. The minimum Gasteiger partial charge on any atom is -0.481 e. The van der Waals surface area contributed by atoms with Gasteiger partial charge in [-0.15, -0.1) is 0 Å². The van der Waals surface area contributed by atoms with E-state index in [1.807, 2.05) is 0 Å². The fourth-order valence-electron chi connectivity index (χ4n) is 1.67. The lowest BCUT2D eigenvalue weighted by molar-refractivity contribution is -0.136. The van der Waals surface area contributed by atoms with Gasteiger partial charge in [0.15, 0.2) is 9.04 Å². The third-order valence-electron chi connectivity index (χ3n) is 2.37. The van der Waals surface area contributed by atoms with Gasteiger partial charge in [0, 0.05) is 6.07 Å². The van der Waals surface area contributed by atoms with Gasteiger partial charge < -0.3 is 14.1 Å². The molecule has 1 atom stereocenters. The van der Waals surface area contributed by atoms with Gasteiger partial charge in [-0.3, -0.25) is 4.79 Å². The molecule has 5 nitrogen and oxygen atoms in total. The monoisotopic (exact) mass is 271 g/mol. The third-order valence-corrected chi connectivity index (χ3v) is 3.18. The summed E-state index contributed by atoms with van der Waals surface area (Å²) in [6, 6.07) is 1.68. The Labute approximate surface area is 109 Å². The van der Waals surface area contributed by atoms with Crippen molar-refractivity contribution in [2.24, 2.45) is 5.41 Å². The molecular formula is C12H21NO4Si. The summed E-state index contributed by atoms with van der Waals surface area (Å²) >= 11 is 0. The Morgan fingerprint density at radius 2 is 2.17 bits per heavy atom. The molecule has 1 aromatic rings. The van der Waals surface area contributed by atoms with Crippen LogP contribution in [-0.4, -0.2) is 25.3 Å². The highest BCUT2D eigenvalue weighted by Crippen LogP contribution is 2.36. The van der Waals surface area contributed by atoms with Gasteiger partial charge in [-0.2, -0.15) is 0 Å². The van der Waals surface area contributed by atoms with E-state index in [0.29, 0.717) is 11.5 Å². The zero-order chi connectivity index (χ0) is 13.9. The van der Waals surface area contributed by atoms with Crippen LogP contribution < -0.4 is 0 Å². The van der Waals surface area contributed by atoms with E-state index in [9.17, 15) is 4.79 Å². The number of carboxylic acid groups (broad SMARTS) is 1. The first-order valence-corrected chi connectivity index (χ1v) is 8.81. The average molecular weight is 271 g/mol. The smallest absolute Gasteiger partial charge is 0.311 e. The standard InChI is InChI=1S/C12H21NO4Si/c1-12(2,3)11(17-18(4)5)9-6-8(16-13-9)7-10(14)15/h6,11,18H,7H2,1-5H3,(H,14,15). The molecule has 0 aliphatic heterocycles. The highest BCUT2D eigenvalue weighted by Gasteiger charge is 2.30. The molecular weight excluding hydrogens is 250 g/mol. The highest BCUT2D eigenvalue weighted by atomic mass is 28.3. The van der Waals surface area contributed by atoms with Crippen molar-refractivity contribution in [3.05, 3.63) is 17.5 Å². The van der Waals surface area contributed by atoms with Crippen molar-refractivity contribution < 1.29 is 18.9 Å². The number of carboxylic acids is 1. The van der Waals surface area contributed by atoms with Crippen LogP contribution in [0.15, 0.2) is 10.6 Å². The molecule has 1 N–H and O–H groups in total. The van der Waals surface area contributed by atoms with Crippen LogP contribution in [0, 0.1) is 5.41 Å². The Morgan fingerprint density at radius 1 is 1.56 bits per heavy atom. The Morgan fingerprint density at radius 3 is 2.61 bits per heavy atom. The first-order valence-electron chi connectivity index (χ1n) is 6.03. The summed E-state index contributed by atoms with van der Waals surface area (Å²) in [4.78, 5) is 10.6. The molecule has 0 saturated heterocycles. The second-order valence-corrected chi connectivity index (χ2v) is 8.09. The summed E-state index contributed by atoms with van der Waals surface area (Å²) in [7, 11) is -1.22. The van der Waals surface area contributed by atoms with Gasteiger partial charge in [0.2, 0.25) is 0 Å². The van der Waals surface area contributed by atoms with Gasteiger partial charge in [0.1, 0.15) is 17.9 Å². The maximum absolute atomic E-state index is 10.6. The van der Waals surface area contributed by atoms with E-state index < -0.39 is 15.0 Å². The molecule has 6 heteroatoms. The summed E-state index contributed by atoms with van der Waals surface area (Å²) in [6.45, 7) is 10.4. The summed E-state index contributed by atoms with van der Waals surface area (Å²) in [5.41, 5.74) is 0.578. The van der Waals surface area contributed by atoms with Crippen LogP contribution in [0.2, 0.25) is 13.1 Å². The van der Waals surface area contributed by atoms with Crippen LogP contribution in [-0.2, 0) is 15.6 Å². The topological polar surface area (TPSA) is 72.6 Å². The van der Waals surface area contributed by atoms with E-state index in [4.69, 9.17) is 14.1 Å². The van der Waals surface area contributed by atoms with Crippen molar-refractivity contribution >= 4 is 15.0 Å². The van der Waals surface area contributed by atoms with E-state index in [2.05, 4.69) is 39.0 Å². The lowest BCUT2D eigenvalue weighted by atomic mass is 9.87. The summed E-state index contributed by atoms with van der Waals surface area (Å²) in [5.74, 6) is -0.565. The van der Waals surface area contributed by atoms with Crippen LogP contribution in [0.3, 0.4) is 0 Å². The average Bonchev–Trinajstić information content (AvgIpc) is 2.59. The van der Waals surface area contributed by atoms with Crippen molar-refractivity contribution in [1.82, 2.24) is 5.16 Å². The van der Waals surface area contributed by atoms with E-state index in [-0.39, 0.29) is 17.9 Å². The van der Waals surface area contributed by atoms with E-state index in [0.717, 1.165) is 0 Å². The van der Waals surface area contributed by atoms with Crippen molar-refractivity contribution in [3.63, 3.8) is 0 Å². The first kappa shape index (κ1) is 14.9. The van der Waals surface area contributed by atoms with Crippen molar-refractivity contribution in [3.8, 4) is 0 Å². The van der Waals surface area contributed by atoms with Gasteiger partial charge in [-0.05, 0) is 18.5 Å². The van der Waals surface area contributed by atoms with Crippen LogP contribution in [0.5, 0.6) is 0 Å². The van der Waals surface area contributed by atoms with Crippen molar-refractivity contribution in [2.45, 2.75) is 46.4 Å². The molecule has 1 unspecified atom stereocenters. The maximum atomic E-state index is 10.6. The maximum Gasteiger partial charge on any atom is 0.311 e. The number of rotatable bonds is 5. The number of carbonyl (C=O) groups is 1. The predicted molar refractivity (Wildman–Crippen MR) is 70.0 cm³/mol. The molecule has 0 saturated carbocycles. The lowest BCUT2D eigenvalue weighted by Crippen LogP contribution is -2.26. The summed E-state index contributed by atoms with van der Waals surface area (Å²) in [5, 5.41) is 12.7. The molecule has 0 aromatic carbocycles. The molecule has 18 heavy (non-hydrogen) atoms. The SMILES string of the molecule is C[SiH](C)OC(c1cc(CC(=O)O)on1)C(C)(C)C. The van der Waals surface area contributed by atoms with Gasteiger partial charge >= 0.3 is 5.97 Å². The van der Waals surface area contributed by atoms with Crippen LogP contribution >= 0.6 is 0 Å².